The molecule has 1 aliphatic heterocycles. The van der Waals surface area contributed by atoms with Gasteiger partial charge in [-0.2, -0.15) is 5.26 Å². The summed E-state index contributed by atoms with van der Waals surface area (Å²) < 4.78 is 5.70. The number of hydrogen-bond acceptors (Lipinski definition) is 4. The van der Waals surface area contributed by atoms with Gasteiger partial charge in [-0.3, -0.25) is 9.69 Å². The minimum absolute atomic E-state index is 0.132. The Bertz CT molecular complexity index is 816. The van der Waals surface area contributed by atoms with Crippen LogP contribution in [0.4, 0.5) is 0 Å². The second kappa shape index (κ2) is 9.91. The summed E-state index contributed by atoms with van der Waals surface area (Å²) in [5.74, 6) is 0.401. The largest absolute Gasteiger partial charge is 0.481 e. The van der Waals surface area contributed by atoms with Crippen LogP contribution in [0.2, 0.25) is 0 Å². The van der Waals surface area contributed by atoms with Crippen LogP contribution in [0.15, 0.2) is 54.6 Å². The molecule has 2 atom stereocenters. The maximum atomic E-state index is 12.5. The predicted molar refractivity (Wildman–Crippen MR) is 109 cm³/mol. The summed E-state index contributed by atoms with van der Waals surface area (Å²) in [6.45, 7) is 4.32. The lowest BCUT2D eigenvalue weighted by molar-refractivity contribution is -0.127. The minimum Gasteiger partial charge on any atom is -0.481 e. The molecule has 1 aliphatic rings. The van der Waals surface area contributed by atoms with E-state index in [1.165, 1.54) is 18.4 Å². The molecule has 3 rings (SSSR count). The molecule has 1 heterocycles. The van der Waals surface area contributed by atoms with Gasteiger partial charge in [-0.15, -0.1) is 0 Å². The number of carbonyl (C=O) groups is 1. The highest BCUT2D eigenvalue weighted by Gasteiger charge is 2.24. The topological polar surface area (TPSA) is 65.4 Å². The van der Waals surface area contributed by atoms with Crippen molar-refractivity contribution >= 4 is 5.91 Å². The molecule has 2 unspecified atom stereocenters. The number of nitrogens with zero attached hydrogens (tertiary/aromatic N) is 2. The molecular weight excluding hydrogens is 350 g/mol. The number of ether oxygens (including phenoxy) is 1. The van der Waals surface area contributed by atoms with Crippen molar-refractivity contribution in [2.75, 3.05) is 13.1 Å². The highest BCUT2D eigenvalue weighted by molar-refractivity contribution is 5.80. The molecule has 146 valence electrons. The van der Waals surface area contributed by atoms with Crippen LogP contribution in [0.25, 0.3) is 0 Å². The Balaban J connectivity index is 1.52. The zero-order chi connectivity index (χ0) is 19.8. The quantitative estimate of drug-likeness (QED) is 0.802. The second-order valence-corrected chi connectivity index (χ2v) is 7.25. The van der Waals surface area contributed by atoms with E-state index in [9.17, 15) is 4.79 Å². The number of hydrogen-bond donors (Lipinski definition) is 1. The monoisotopic (exact) mass is 377 g/mol. The zero-order valence-corrected chi connectivity index (χ0v) is 16.3. The number of nitriles is 1. The molecule has 1 amide bonds. The summed E-state index contributed by atoms with van der Waals surface area (Å²) in [6, 6.07) is 19.7. The molecule has 1 N–H and O–H groups in total. The number of benzene rings is 2. The maximum Gasteiger partial charge on any atom is 0.260 e. The van der Waals surface area contributed by atoms with Gasteiger partial charge in [0.25, 0.3) is 5.91 Å². The van der Waals surface area contributed by atoms with Crippen LogP contribution >= 0.6 is 0 Å². The first-order valence-corrected chi connectivity index (χ1v) is 9.88. The molecule has 5 heteroatoms. The first-order chi connectivity index (χ1) is 13.7. The van der Waals surface area contributed by atoms with Gasteiger partial charge in [-0.25, -0.2) is 0 Å². The Morgan fingerprint density at radius 3 is 2.86 bits per heavy atom. The third-order valence-electron chi connectivity index (χ3n) is 5.13. The van der Waals surface area contributed by atoms with Gasteiger partial charge >= 0.3 is 0 Å². The van der Waals surface area contributed by atoms with Crippen LogP contribution < -0.4 is 10.1 Å². The molecule has 0 aromatic heterocycles. The number of amides is 1. The predicted octanol–water partition coefficient (Wildman–Crippen LogP) is 3.50. The number of carbonyl (C=O) groups excluding carboxylic acids is 1. The van der Waals surface area contributed by atoms with Crippen molar-refractivity contribution < 1.29 is 9.53 Å². The zero-order valence-electron chi connectivity index (χ0n) is 16.3. The molecule has 0 bridgehead atoms. The second-order valence-electron chi connectivity index (χ2n) is 7.25. The van der Waals surface area contributed by atoms with Crippen molar-refractivity contribution in [1.82, 2.24) is 10.2 Å². The smallest absolute Gasteiger partial charge is 0.260 e. The van der Waals surface area contributed by atoms with Crippen LogP contribution in [0, 0.1) is 11.3 Å². The van der Waals surface area contributed by atoms with Crippen LogP contribution in [0.3, 0.4) is 0 Å². The third-order valence-corrected chi connectivity index (χ3v) is 5.13. The molecular formula is C23H27N3O2. The van der Waals surface area contributed by atoms with E-state index in [0.717, 1.165) is 19.5 Å². The van der Waals surface area contributed by atoms with Crippen LogP contribution in [0.1, 0.15) is 37.3 Å². The molecule has 2 aromatic carbocycles. The molecule has 0 radical (unpaired) electrons. The fourth-order valence-corrected chi connectivity index (χ4v) is 3.58. The van der Waals surface area contributed by atoms with Crippen LogP contribution in [-0.2, 0) is 11.3 Å². The van der Waals surface area contributed by atoms with Crippen molar-refractivity contribution in [1.29, 1.82) is 5.26 Å². The van der Waals surface area contributed by atoms with Crippen molar-refractivity contribution in [3.8, 4) is 11.8 Å². The molecule has 5 nitrogen and oxygen atoms in total. The highest BCUT2D eigenvalue weighted by Crippen LogP contribution is 2.19. The summed E-state index contributed by atoms with van der Waals surface area (Å²) in [6.07, 6.45) is 2.87. The molecule has 28 heavy (non-hydrogen) atoms. The van der Waals surface area contributed by atoms with Gasteiger partial charge in [0.05, 0.1) is 11.6 Å². The number of nitrogens with one attached hydrogen (secondary N) is 1. The molecule has 2 aromatic rings. The molecule has 0 spiro atoms. The van der Waals surface area contributed by atoms with Crippen molar-refractivity contribution in [3.05, 3.63) is 65.7 Å². The minimum atomic E-state index is -0.611. The lowest BCUT2D eigenvalue weighted by atomic mass is 10.0. The van der Waals surface area contributed by atoms with E-state index in [1.807, 2.05) is 6.07 Å². The van der Waals surface area contributed by atoms with Crippen LogP contribution in [0.5, 0.6) is 5.75 Å². The van der Waals surface area contributed by atoms with Gasteiger partial charge in [0.15, 0.2) is 6.10 Å². The lowest BCUT2D eigenvalue weighted by Gasteiger charge is -2.36. The summed E-state index contributed by atoms with van der Waals surface area (Å²) in [5.41, 5.74) is 1.82. The summed E-state index contributed by atoms with van der Waals surface area (Å²) in [5, 5.41) is 12.0. The van der Waals surface area contributed by atoms with E-state index in [0.29, 0.717) is 23.9 Å². The fourth-order valence-electron chi connectivity index (χ4n) is 3.58. The number of likely N-dealkylation sites (tertiary alicyclic amines) is 1. The first-order valence-electron chi connectivity index (χ1n) is 9.88. The van der Waals surface area contributed by atoms with E-state index in [2.05, 4.69) is 40.6 Å². The molecule has 1 fully saturated rings. The Kier molecular flexibility index (Phi) is 7.05. The Labute approximate surface area is 166 Å². The Morgan fingerprint density at radius 1 is 1.25 bits per heavy atom. The SMILES string of the molecule is CC(Oc1cccc(C#N)c1)C(=O)NCC1CCCCN1Cc1ccccc1. The number of piperidine rings is 1. The lowest BCUT2D eigenvalue weighted by Crippen LogP contribution is -2.48. The standard InChI is InChI=1S/C23H27N3O2/c1-18(28-22-12-7-10-20(14-22)15-24)23(27)25-16-21-11-5-6-13-26(21)17-19-8-3-2-4-9-19/h2-4,7-10,12,14,18,21H,5-6,11,13,16-17H2,1H3,(H,25,27). The van der Waals surface area contributed by atoms with E-state index in [-0.39, 0.29) is 5.91 Å². The van der Waals surface area contributed by atoms with Crippen molar-refractivity contribution in [2.45, 2.75) is 44.9 Å². The van der Waals surface area contributed by atoms with Gasteiger partial charge in [0.2, 0.25) is 0 Å². The van der Waals surface area contributed by atoms with E-state index in [4.69, 9.17) is 10.00 Å². The van der Waals surface area contributed by atoms with Gasteiger partial charge in [-0.05, 0) is 50.1 Å². The summed E-state index contributed by atoms with van der Waals surface area (Å²) >= 11 is 0. The van der Waals surface area contributed by atoms with Gasteiger partial charge in [-0.1, -0.05) is 42.8 Å². The van der Waals surface area contributed by atoms with E-state index in [1.54, 1.807) is 31.2 Å². The molecule has 0 aliphatic carbocycles. The van der Waals surface area contributed by atoms with Crippen molar-refractivity contribution in [2.24, 2.45) is 0 Å². The van der Waals surface area contributed by atoms with Crippen LogP contribution in [-0.4, -0.2) is 36.0 Å². The Hall–Kier alpha value is -2.84. The third kappa shape index (κ3) is 5.58. The van der Waals surface area contributed by atoms with E-state index < -0.39 is 6.10 Å². The normalized spacial score (nSPS) is 18.1. The van der Waals surface area contributed by atoms with Crippen molar-refractivity contribution in [3.63, 3.8) is 0 Å². The fraction of sp³-hybridized carbons (Fsp3) is 0.391. The Morgan fingerprint density at radius 2 is 2.07 bits per heavy atom. The van der Waals surface area contributed by atoms with Gasteiger partial charge < -0.3 is 10.1 Å². The van der Waals surface area contributed by atoms with Gasteiger partial charge in [0, 0.05) is 19.1 Å². The van der Waals surface area contributed by atoms with E-state index >= 15 is 0 Å². The molecule has 1 saturated heterocycles. The summed E-state index contributed by atoms with van der Waals surface area (Å²) in [7, 11) is 0. The average Bonchev–Trinajstić information content (AvgIpc) is 2.73. The van der Waals surface area contributed by atoms with Gasteiger partial charge in [0.1, 0.15) is 5.75 Å². The first kappa shape index (κ1) is 19.9. The highest BCUT2D eigenvalue weighted by atomic mass is 16.5. The average molecular weight is 377 g/mol. The maximum absolute atomic E-state index is 12.5. The molecule has 0 saturated carbocycles. The summed E-state index contributed by atoms with van der Waals surface area (Å²) in [4.78, 5) is 14.9. The number of rotatable bonds is 7.